The fourth-order valence-corrected chi connectivity index (χ4v) is 1.62. The Bertz CT molecular complexity index is 457. The molecule has 20 heavy (non-hydrogen) atoms. The predicted molar refractivity (Wildman–Crippen MR) is 78.3 cm³/mol. The van der Waals surface area contributed by atoms with Crippen LogP contribution in [0.15, 0.2) is 12.1 Å². The largest absolute Gasteiger partial charge is 0.493 e. The number of anilines is 1. The van der Waals surface area contributed by atoms with Crippen LogP contribution in [0.3, 0.4) is 0 Å². The molecule has 0 spiro atoms. The lowest BCUT2D eigenvalue weighted by atomic mass is 10.1. The van der Waals surface area contributed by atoms with Crippen molar-refractivity contribution in [2.75, 3.05) is 19.5 Å². The van der Waals surface area contributed by atoms with Gasteiger partial charge < -0.3 is 20.5 Å². The van der Waals surface area contributed by atoms with Crippen LogP contribution in [0.4, 0.5) is 10.1 Å². The fraction of sp³-hybridized carbons (Fsp3) is 0.462. The zero-order valence-corrected chi connectivity index (χ0v) is 12.6. The minimum Gasteiger partial charge on any atom is -0.493 e. The number of rotatable bonds is 6. The van der Waals surface area contributed by atoms with Gasteiger partial charge in [0.15, 0.2) is 17.3 Å². The van der Waals surface area contributed by atoms with Gasteiger partial charge in [0, 0.05) is 12.1 Å². The van der Waals surface area contributed by atoms with E-state index >= 15 is 0 Å². The molecule has 7 heteroatoms. The Morgan fingerprint density at radius 2 is 1.90 bits per heavy atom. The molecule has 1 unspecified atom stereocenters. The molecule has 0 radical (unpaired) electrons. The van der Waals surface area contributed by atoms with Gasteiger partial charge >= 0.3 is 0 Å². The first-order valence-corrected chi connectivity index (χ1v) is 6.01. The molecule has 3 N–H and O–H groups in total. The summed E-state index contributed by atoms with van der Waals surface area (Å²) in [6.45, 7) is 1.92. The Balaban J connectivity index is 0.00000361. The molecule has 1 rings (SSSR count). The Morgan fingerprint density at radius 1 is 1.35 bits per heavy atom. The molecule has 1 aromatic carbocycles. The minimum absolute atomic E-state index is 0. The highest BCUT2D eigenvalue weighted by molar-refractivity contribution is 5.95. The lowest BCUT2D eigenvalue weighted by molar-refractivity contribution is -0.117. The lowest BCUT2D eigenvalue weighted by Gasteiger charge is -2.14. The van der Waals surface area contributed by atoms with Crippen molar-refractivity contribution in [1.29, 1.82) is 0 Å². The molecule has 0 fully saturated rings. The number of nitrogens with two attached hydrogens (primary N) is 1. The minimum atomic E-state index is -0.655. The third-order valence-corrected chi connectivity index (χ3v) is 2.67. The lowest BCUT2D eigenvalue weighted by Crippen LogP contribution is -2.35. The monoisotopic (exact) mass is 306 g/mol. The molecule has 5 nitrogen and oxygen atoms in total. The van der Waals surface area contributed by atoms with Gasteiger partial charge in [-0.05, 0) is 6.42 Å². The summed E-state index contributed by atoms with van der Waals surface area (Å²) in [5.74, 6) is -0.429. The maximum absolute atomic E-state index is 13.8. The molecule has 0 aromatic heterocycles. The zero-order chi connectivity index (χ0) is 14.4. The van der Waals surface area contributed by atoms with Crippen molar-refractivity contribution in [3.05, 3.63) is 17.9 Å². The molecule has 0 saturated carbocycles. The van der Waals surface area contributed by atoms with Gasteiger partial charge in [0.2, 0.25) is 5.91 Å². The van der Waals surface area contributed by atoms with Crippen molar-refractivity contribution in [3.8, 4) is 11.5 Å². The summed E-state index contributed by atoms with van der Waals surface area (Å²) in [5.41, 5.74) is 5.68. The van der Waals surface area contributed by atoms with Gasteiger partial charge in [-0.3, -0.25) is 4.79 Å². The number of halogens is 2. The second-order valence-corrected chi connectivity index (χ2v) is 4.07. The van der Waals surface area contributed by atoms with E-state index in [1.54, 1.807) is 0 Å². The third kappa shape index (κ3) is 4.54. The summed E-state index contributed by atoms with van der Waals surface area (Å²) >= 11 is 0. The second kappa shape index (κ2) is 8.60. The van der Waals surface area contributed by atoms with Crippen LogP contribution in [0.1, 0.15) is 19.8 Å². The summed E-state index contributed by atoms with van der Waals surface area (Å²) in [6.07, 6.45) is 1.32. The smallest absolute Gasteiger partial charge is 0.241 e. The summed E-state index contributed by atoms with van der Waals surface area (Å²) in [5, 5.41) is 2.45. The van der Waals surface area contributed by atoms with E-state index in [9.17, 15) is 9.18 Å². The molecule has 0 heterocycles. The van der Waals surface area contributed by atoms with Crippen LogP contribution in [-0.4, -0.2) is 26.2 Å². The van der Waals surface area contributed by atoms with Gasteiger partial charge in [-0.2, -0.15) is 0 Å². The number of carbonyl (C=O) groups excluding carboxylic acids is 1. The molecule has 0 aliphatic heterocycles. The van der Waals surface area contributed by atoms with Crippen molar-refractivity contribution in [1.82, 2.24) is 0 Å². The topological polar surface area (TPSA) is 73.6 Å². The first-order chi connectivity index (χ1) is 9.03. The van der Waals surface area contributed by atoms with Crippen molar-refractivity contribution >= 4 is 24.0 Å². The van der Waals surface area contributed by atoms with Gasteiger partial charge in [0.25, 0.3) is 0 Å². The molecular weight excluding hydrogens is 287 g/mol. The SMILES string of the molecule is CCCC(N)C(=O)Nc1cc(OC)c(OC)cc1F.Cl. The molecule has 1 atom stereocenters. The van der Waals surface area contributed by atoms with Crippen molar-refractivity contribution < 1.29 is 18.7 Å². The molecule has 1 aromatic rings. The molecule has 0 aliphatic carbocycles. The highest BCUT2D eigenvalue weighted by Gasteiger charge is 2.17. The van der Waals surface area contributed by atoms with Crippen LogP contribution < -0.4 is 20.5 Å². The van der Waals surface area contributed by atoms with E-state index in [0.29, 0.717) is 12.2 Å². The highest BCUT2D eigenvalue weighted by atomic mass is 35.5. The Labute approximate surface area is 124 Å². The average Bonchev–Trinajstić information content (AvgIpc) is 2.40. The van der Waals surface area contributed by atoms with Crippen molar-refractivity contribution in [2.24, 2.45) is 5.73 Å². The van der Waals surface area contributed by atoms with Gasteiger partial charge in [-0.1, -0.05) is 13.3 Å². The van der Waals surface area contributed by atoms with E-state index in [2.05, 4.69) is 5.32 Å². The molecule has 0 bridgehead atoms. The number of nitrogens with one attached hydrogen (secondary N) is 1. The summed E-state index contributed by atoms with van der Waals surface area (Å²) < 4.78 is 23.8. The van der Waals surface area contributed by atoms with E-state index in [1.807, 2.05) is 6.92 Å². The zero-order valence-electron chi connectivity index (χ0n) is 11.7. The molecule has 1 amide bonds. The standard InChI is InChI=1S/C13H19FN2O3.ClH/c1-4-5-9(15)13(17)16-10-7-12(19-3)11(18-2)6-8(10)14;/h6-7,9H,4-5,15H2,1-3H3,(H,16,17);1H. The van der Waals surface area contributed by atoms with Crippen LogP contribution in [0.5, 0.6) is 11.5 Å². The first-order valence-electron chi connectivity index (χ1n) is 6.01. The number of methoxy groups -OCH3 is 2. The van der Waals surface area contributed by atoms with E-state index < -0.39 is 17.8 Å². The Morgan fingerprint density at radius 3 is 2.40 bits per heavy atom. The number of ether oxygens (including phenoxy) is 2. The van der Waals surface area contributed by atoms with E-state index in [0.717, 1.165) is 12.5 Å². The van der Waals surface area contributed by atoms with Gasteiger partial charge in [0.1, 0.15) is 0 Å². The van der Waals surface area contributed by atoms with Crippen LogP contribution in [0.25, 0.3) is 0 Å². The molecule has 0 aliphatic rings. The number of hydrogen-bond donors (Lipinski definition) is 2. The predicted octanol–water partition coefficient (Wildman–Crippen LogP) is 2.33. The highest BCUT2D eigenvalue weighted by Crippen LogP contribution is 2.32. The summed E-state index contributed by atoms with van der Waals surface area (Å²) in [6, 6.07) is 1.86. The fourth-order valence-electron chi connectivity index (χ4n) is 1.62. The number of hydrogen-bond acceptors (Lipinski definition) is 4. The second-order valence-electron chi connectivity index (χ2n) is 4.07. The van der Waals surface area contributed by atoms with Crippen LogP contribution in [-0.2, 0) is 4.79 Å². The third-order valence-electron chi connectivity index (χ3n) is 2.67. The molecule has 114 valence electrons. The Kier molecular flexibility index (Phi) is 7.94. The van der Waals surface area contributed by atoms with Crippen LogP contribution in [0, 0.1) is 5.82 Å². The van der Waals surface area contributed by atoms with Crippen LogP contribution in [0.2, 0.25) is 0 Å². The van der Waals surface area contributed by atoms with Crippen LogP contribution >= 0.6 is 12.4 Å². The van der Waals surface area contributed by atoms with E-state index in [-0.39, 0.29) is 23.8 Å². The first kappa shape index (κ1) is 18.5. The number of benzene rings is 1. The van der Waals surface area contributed by atoms with Gasteiger partial charge in [-0.15, -0.1) is 12.4 Å². The quantitative estimate of drug-likeness (QED) is 0.846. The molecule has 0 saturated heterocycles. The normalized spacial score (nSPS) is 11.2. The van der Waals surface area contributed by atoms with E-state index in [1.165, 1.54) is 20.3 Å². The van der Waals surface area contributed by atoms with Gasteiger partial charge in [0.05, 0.1) is 25.9 Å². The average molecular weight is 307 g/mol. The van der Waals surface area contributed by atoms with Crippen molar-refractivity contribution in [2.45, 2.75) is 25.8 Å². The Hall–Kier alpha value is -1.53. The summed E-state index contributed by atoms with van der Waals surface area (Å²) in [7, 11) is 2.84. The van der Waals surface area contributed by atoms with Gasteiger partial charge in [-0.25, -0.2) is 4.39 Å². The number of amides is 1. The summed E-state index contributed by atoms with van der Waals surface area (Å²) in [4.78, 5) is 11.7. The maximum Gasteiger partial charge on any atom is 0.241 e. The number of carbonyl (C=O) groups is 1. The van der Waals surface area contributed by atoms with Crippen molar-refractivity contribution in [3.63, 3.8) is 0 Å². The molecular formula is C13H20ClFN2O3. The maximum atomic E-state index is 13.8. The van der Waals surface area contributed by atoms with E-state index in [4.69, 9.17) is 15.2 Å².